The molecule has 3 heteroatoms. The van der Waals surface area contributed by atoms with Crippen molar-refractivity contribution in [3.63, 3.8) is 0 Å². The van der Waals surface area contributed by atoms with Crippen LogP contribution in [-0.4, -0.2) is 15.7 Å². The average Bonchev–Trinajstić information content (AvgIpc) is 2.34. The predicted molar refractivity (Wildman–Crippen MR) is 79.2 cm³/mol. The topological polar surface area (TPSA) is 26.3 Å². The Morgan fingerprint density at radius 1 is 1.17 bits per heavy atom. The molecule has 1 aliphatic carbocycles. The monoisotopic (exact) mass is 268 g/mol. The third-order valence-corrected chi connectivity index (χ3v) is 5.26. The summed E-state index contributed by atoms with van der Waals surface area (Å²) >= 11 is 0. The molecule has 0 aromatic rings. The zero-order valence-corrected chi connectivity index (χ0v) is 13.8. The van der Waals surface area contributed by atoms with E-state index in [0.717, 1.165) is 11.1 Å². The molecule has 0 spiro atoms. The van der Waals surface area contributed by atoms with Crippen LogP contribution < -0.4 is 0 Å². The second-order valence-corrected chi connectivity index (χ2v) is 7.90. The van der Waals surface area contributed by atoms with E-state index in [0.29, 0.717) is 5.92 Å². The molecule has 104 valence electrons. The van der Waals surface area contributed by atoms with Gasteiger partial charge >= 0.3 is 5.97 Å². The molecule has 0 radical (unpaired) electrons. The highest BCUT2D eigenvalue weighted by Crippen LogP contribution is 2.28. The molecule has 0 N–H and O–H groups in total. The number of allylic oxidation sites excluding steroid dienone is 1. The van der Waals surface area contributed by atoms with Crippen molar-refractivity contribution in [1.29, 1.82) is 0 Å². The Kier molecular flexibility index (Phi) is 6.69. The van der Waals surface area contributed by atoms with Gasteiger partial charge in [0, 0.05) is 5.57 Å². The quantitative estimate of drug-likeness (QED) is 0.562. The molecule has 1 rings (SSSR count). The number of rotatable bonds is 5. The first-order valence-corrected chi connectivity index (χ1v) is 8.79. The molecule has 0 aromatic carbocycles. The van der Waals surface area contributed by atoms with Crippen LogP contribution in [0.4, 0.5) is 0 Å². The summed E-state index contributed by atoms with van der Waals surface area (Å²) in [6.07, 6.45) is 8.64. The largest absolute Gasteiger partial charge is 0.521 e. The number of carbonyl (C=O) groups excluding carboxylic acids is 1. The summed E-state index contributed by atoms with van der Waals surface area (Å²) in [5, 5.41) is 0. The summed E-state index contributed by atoms with van der Waals surface area (Å²) < 4.78 is 5.64. The first-order chi connectivity index (χ1) is 8.50. The molecule has 0 aromatic heterocycles. The van der Waals surface area contributed by atoms with Gasteiger partial charge in [0.1, 0.15) is 0 Å². The second kappa shape index (κ2) is 7.77. The van der Waals surface area contributed by atoms with Gasteiger partial charge < -0.3 is 4.43 Å². The van der Waals surface area contributed by atoms with Crippen LogP contribution >= 0.6 is 0 Å². The minimum absolute atomic E-state index is 0.0454. The maximum absolute atomic E-state index is 12.1. The van der Waals surface area contributed by atoms with Crippen molar-refractivity contribution < 1.29 is 9.22 Å². The molecule has 0 saturated heterocycles. The van der Waals surface area contributed by atoms with Gasteiger partial charge in [0.05, 0.1) is 0 Å². The van der Waals surface area contributed by atoms with Gasteiger partial charge in [-0.1, -0.05) is 65.9 Å². The Morgan fingerprint density at radius 2 is 1.78 bits per heavy atom. The zero-order chi connectivity index (χ0) is 13.5. The third kappa shape index (κ3) is 5.38. The fourth-order valence-electron chi connectivity index (χ4n) is 2.49. The van der Waals surface area contributed by atoms with E-state index in [1.807, 2.05) is 0 Å². The van der Waals surface area contributed by atoms with Gasteiger partial charge in [0.25, 0.3) is 0 Å². The Labute approximate surface area is 114 Å². The van der Waals surface area contributed by atoms with E-state index < -0.39 is 9.76 Å². The minimum Gasteiger partial charge on any atom is -0.521 e. The zero-order valence-electron chi connectivity index (χ0n) is 12.4. The lowest BCUT2D eigenvalue weighted by molar-refractivity contribution is -0.130. The number of carbonyl (C=O) groups is 1. The van der Waals surface area contributed by atoms with E-state index in [9.17, 15) is 4.79 Å². The molecular formula is C15H28O2Si. The molecule has 18 heavy (non-hydrogen) atoms. The van der Waals surface area contributed by atoms with Gasteiger partial charge in [-0.05, 0) is 17.4 Å². The average molecular weight is 268 g/mol. The first kappa shape index (κ1) is 15.5. The lowest BCUT2D eigenvalue weighted by Gasteiger charge is -2.21. The smallest absolute Gasteiger partial charge is 0.320 e. The van der Waals surface area contributed by atoms with E-state index in [1.54, 1.807) is 0 Å². The summed E-state index contributed by atoms with van der Waals surface area (Å²) in [5.41, 5.74) is 1.60. The third-order valence-electron chi connectivity index (χ3n) is 3.55. The molecule has 2 nitrogen and oxygen atoms in total. The summed E-state index contributed by atoms with van der Waals surface area (Å²) in [6.45, 7) is 8.34. The van der Waals surface area contributed by atoms with E-state index in [4.69, 9.17) is 4.43 Å². The van der Waals surface area contributed by atoms with Crippen LogP contribution in [0.25, 0.3) is 0 Å². The second-order valence-electron chi connectivity index (χ2n) is 6.12. The van der Waals surface area contributed by atoms with Crippen LogP contribution in [0.5, 0.6) is 0 Å². The van der Waals surface area contributed by atoms with Gasteiger partial charge in [-0.15, -0.1) is 0 Å². The summed E-state index contributed by atoms with van der Waals surface area (Å²) in [6, 6.07) is 0. The molecule has 1 fully saturated rings. The number of hydrogen-bond donors (Lipinski definition) is 0. The molecule has 0 bridgehead atoms. The van der Waals surface area contributed by atoms with Gasteiger partial charge in [0.2, 0.25) is 9.76 Å². The normalized spacial score (nSPS) is 19.1. The summed E-state index contributed by atoms with van der Waals surface area (Å²) in [5.74, 6) is 0.627. The Morgan fingerprint density at radius 3 is 2.28 bits per heavy atom. The maximum Gasteiger partial charge on any atom is 0.320 e. The molecule has 1 aliphatic rings. The molecule has 0 unspecified atom stereocenters. The van der Waals surface area contributed by atoms with E-state index in [-0.39, 0.29) is 11.9 Å². The summed E-state index contributed by atoms with van der Waals surface area (Å²) in [4.78, 5) is 12.1. The van der Waals surface area contributed by atoms with Crippen molar-refractivity contribution in [3.8, 4) is 0 Å². The van der Waals surface area contributed by atoms with Crippen molar-refractivity contribution in [2.75, 3.05) is 0 Å². The van der Waals surface area contributed by atoms with Crippen LogP contribution in [0.1, 0.15) is 59.8 Å². The molecule has 0 amide bonds. The lowest BCUT2D eigenvalue weighted by atomic mass is 9.99. The van der Waals surface area contributed by atoms with Crippen molar-refractivity contribution >= 4 is 15.7 Å². The van der Waals surface area contributed by atoms with Crippen molar-refractivity contribution in [3.05, 3.63) is 11.6 Å². The van der Waals surface area contributed by atoms with Gasteiger partial charge in [0.15, 0.2) is 0 Å². The van der Waals surface area contributed by atoms with Crippen molar-refractivity contribution in [1.82, 2.24) is 0 Å². The summed E-state index contributed by atoms with van der Waals surface area (Å²) in [7, 11) is -0.681. The van der Waals surface area contributed by atoms with E-state index in [2.05, 4.69) is 33.8 Å². The van der Waals surface area contributed by atoms with Crippen molar-refractivity contribution in [2.45, 2.75) is 65.3 Å². The fraction of sp³-hybridized carbons (Fsp3) is 0.800. The molecule has 0 heterocycles. The van der Waals surface area contributed by atoms with Gasteiger partial charge in [-0.2, -0.15) is 0 Å². The highest BCUT2D eigenvalue weighted by Gasteiger charge is 2.19. The van der Waals surface area contributed by atoms with Crippen LogP contribution in [0.2, 0.25) is 5.54 Å². The first-order valence-electron chi connectivity index (χ1n) is 7.39. The SMILES string of the molecule is CC(C)C=C(C(=O)O[SiH2]C1CCCCC1)C(C)C. The highest BCUT2D eigenvalue weighted by molar-refractivity contribution is 6.33. The minimum atomic E-state index is -0.681. The lowest BCUT2D eigenvalue weighted by Crippen LogP contribution is -2.19. The van der Waals surface area contributed by atoms with Crippen LogP contribution in [0.3, 0.4) is 0 Å². The number of hydrogen-bond acceptors (Lipinski definition) is 2. The highest BCUT2D eigenvalue weighted by atomic mass is 28.2. The molecule has 0 atom stereocenters. The van der Waals surface area contributed by atoms with Gasteiger partial charge in [-0.25, -0.2) is 4.79 Å². The van der Waals surface area contributed by atoms with Crippen LogP contribution in [-0.2, 0) is 9.22 Å². The molecule has 0 aliphatic heterocycles. The Hall–Kier alpha value is -0.573. The Bertz CT molecular complexity index is 289. The fourth-order valence-corrected chi connectivity index (χ4v) is 3.95. The Balaban J connectivity index is 2.46. The molecule has 1 saturated carbocycles. The van der Waals surface area contributed by atoms with Crippen LogP contribution in [0, 0.1) is 11.8 Å². The molecular weight excluding hydrogens is 240 g/mol. The van der Waals surface area contributed by atoms with E-state index in [1.165, 1.54) is 32.1 Å². The standard InChI is InChI=1S/C15H28O2Si/c1-11(2)10-14(12(3)4)15(16)17-18-13-8-6-5-7-9-13/h10-13H,5-9,18H2,1-4H3. The van der Waals surface area contributed by atoms with Crippen LogP contribution in [0.15, 0.2) is 11.6 Å². The maximum atomic E-state index is 12.1. The predicted octanol–water partition coefficient (Wildman–Crippen LogP) is 3.60. The van der Waals surface area contributed by atoms with Crippen molar-refractivity contribution in [2.24, 2.45) is 11.8 Å². The van der Waals surface area contributed by atoms with Gasteiger partial charge in [-0.3, -0.25) is 0 Å². The van der Waals surface area contributed by atoms with E-state index >= 15 is 0 Å².